The number of rotatable bonds is 12. The maximum absolute atomic E-state index is 13.2. The topological polar surface area (TPSA) is 103 Å². The molecular weight excluding hydrogens is 687 g/mol. The van der Waals surface area contributed by atoms with Gasteiger partial charge in [-0.05, 0) is 116 Å². The lowest BCUT2D eigenvalue weighted by atomic mass is 9.53. The first-order valence-corrected chi connectivity index (χ1v) is 20.3. The van der Waals surface area contributed by atoms with Gasteiger partial charge in [0.05, 0.1) is 24.9 Å². The van der Waals surface area contributed by atoms with Crippen LogP contribution in [0.3, 0.4) is 0 Å². The van der Waals surface area contributed by atoms with Gasteiger partial charge < -0.3 is 30.3 Å². The van der Waals surface area contributed by atoms with Crippen molar-refractivity contribution >= 4 is 6.03 Å². The summed E-state index contributed by atoms with van der Waals surface area (Å²) < 4.78 is 13.6. The van der Waals surface area contributed by atoms with Crippen LogP contribution < -0.4 is 10.6 Å². The van der Waals surface area contributed by atoms with Gasteiger partial charge in [0, 0.05) is 36.2 Å². The Labute approximate surface area is 326 Å². The lowest BCUT2D eigenvalue weighted by Gasteiger charge is -2.56. The molecule has 2 amide bonds. The van der Waals surface area contributed by atoms with Crippen molar-refractivity contribution in [1.29, 1.82) is 0 Å². The smallest absolute Gasteiger partial charge is 0.315 e. The van der Waals surface area contributed by atoms with Gasteiger partial charge in [-0.1, -0.05) is 97.9 Å². The molecule has 9 rings (SSSR count). The van der Waals surface area contributed by atoms with E-state index in [2.05, 4.69) is 58.9 Å². The molecule has 290 valence electrons. The molecule has 55 heavy (non-hydrogen) atoms. The number of nitrogens with zero attached hydrogens (tertiary/aromatic N) is 1. The van der Waals surface area contributed by atoms with E-state index in [1.54, 1.807) is 0 Å². The Bertz CT molecular complexity index is 1880. The number of aliphatic hydroxyl groups excluding tert-OH is 2. The van der Waals surface area contributed by atoms with Gasteiger partial charge in [-0.15, -0.1) is 0 Å². The van der Waals surface area contributed by atoms with E-state index in [1.165, 1.54) is 19.3 Å². The van der Waals surface area contributed by atoms with E-state index < -0.39 is 12.4 Å². The predicted molar refractivity (Wildman–Crippen MR) is 215 cm³/mol. The molecule has 5 aliphatic rings. The maximum Gasteiger partial charge on any atom is 0.315 e. The molecule has 6 unspecified atom stereocenters. The summed E-state index contributed by atoms with van der Waals surface area (Å²) >= 11 is 0. The van der Waals surface area contributed by atoms with Crippen molar-refractivity contribution in [2.24, 2.45) is 23.7 Å². The second-order valence-electron chi connectivity index (χ2n) is 17.2. The zero-order chi connectivity index (χ0) is 38.1. The summed E-state index contributed by atoms with van der Waals surface area (Å²) in [4.78, 5) is 15.4. The van der Waals surface area contributed by atoms with Crippen molar-refractivity contribution in [2.75, 3.05) is 13.6 Å². The first kappa shape index (κ1) is 37.9. The molecule has 0 aromatic heterocycles. The third-order valence-corrected chi connectivity index (χ3v) is 13.2. The number of hydrogen-bond acceptors (Lipinski definition) is 6. The van der Waals surface area contributed by atoms with Crippen molar-refractivity contribution in [3.8, 4) is 11.1 Å². The van der Waals surface area contributed by atoms with Gasteiger partial charge in [0.25, 0.3) is 0 Å². The van der Waals surface area contributed by atoms with E-state index in [0.717, 1.165) is 76.0 Å². The number of hydrogen-bond donors (Lipinski definition) is 4. The normalized spacial score (nSPS) is 29.5. The molecule has 1 aliphatic heterocycles. The van der Waals surface area contributed by atoms with E-state index in [-0.39, 0.29) is 42.3 Å². The second-order valence-corrected chi connectivity index (χ2v) is 17.2. The summed E-state index contributed by atoms with van der Waals surface area (Å²) in [6.07, 6.45) is 5.76. The van der Waals surface area contributed by atoms with Gasteiger partial charge >= 0.3 is 6.03 Å². The molecule has 4 aromatic rings. The monoisotopic (exact) mass is 743 g/mol. The van der Waals surface area contributed by atoms with Crippen molar-refractivity contribution in [3.63, 3.8) is 0 Å². The fourth-order valence-electron chi connectivity index (χ4n) is 10.4. The van der Waals surface area contributed by atoms with Gasteiger partial charge in [-0.2, -0.15) is 0 Å². The highest BCUT2D eigenvalue weighted by Gasteiger charge is 2.51. The van der Waals surface area contributed by atoms with E-state index in [4.69, 9.17) is 9.47 Å². The van der Waals surface area contributed by atoms with Gasteiger partial charge in [-0.3, -0.25) is 4.90 Å². The zero-order valence-electron chi connectivity index (χ0n) is 32.4. The predicted octanol–water partition coefficient (Wildman–Crippen LogP) is 8.46. The number of benzene rings is 4. The highest BCUT2D eigenvalue weighted by atomic mass is 16.7. The average molecular weight is 744 g/mol. The molecule has 8 nitrogen and oxygen atoms in total. The summed E-state index contributed by atoms with van der Waals surface area (Å²) in [7, 11) is 2.04. The van der Waals surface area contributed by atoms with Crippen LogP contribution in [0.4, 0.5) is 4.79 Å². The molecule has 1 saturated heterocycles. The molecule has 4 bridgehead atoms. The van der Waals surface area contributed by atoms with Crippen molar-refractivity contribution in [1.82, 2.24) is 15.5 Å². The Balaban J connectivity index is 0.972. The van der Waals surface area contributed by atoms with Gasteiger partial charge in [0.15, 0.2) is 6.29 Å². The number of urea groups is 1. The molecule has 8 heteroatoms. The molecule has 1 heterocycles. The van der Waals surface area contributed by atoms with Crippen LogP contribution in [-0.2, 0) is 22.6 Å². The summed E-state index contributed by atoms with van der Waals surface area (Å²) in [5.74, 6) is 2.36. The maximum atomic E-state index is 13.2. The van der Waals surface area contributed by atoms with E-state index in [9.17, 15) is 15.0 Å². The van der Waals surface area contributed by atoms with E-state index in [1.807, 2.05) is 80.7 Å². The largest absolute Gasteiger partial charge is 0.392 e. The Kier molecular flexibility index (Phi) is 11.2. The Morgan fingerprint density at radius 2 is 1.47 bits per heavy atom. The van der Waals surface area contributed by atoms with Crippen LogP contribution in [0.15, 0.2) is 103 Å². The van der Waals surface area contributed by atoms with Crippen molar-refractivity contribution in [3.05, 3.63) is 131 Å². The van der Waals surface area contributed by atoms with E-state index >= 15 is 0 Å². The lowest BCUT2D eigenvalue weighted by molar-refractivity contribution is -0.276. The Hall–Kier alpha value is -4.05. The second kappa shape index (κ2) is 16.2. The standard InChI is InChI=1S/C47H57N3O5/c1-30-42(28-50(3)31(2)43(52)37-10-5-4-6-11-37)54-45(55-44(30)38-17-15-32(29-51)16-18-38)41-14-8-13-40(23-41)39-12-7-9-33(22-39)27-48-46(53)49-47-24-34-19-35(25-47)21-36(20-34)26-47/h4-18,22-23,30-31,34-36,42-45,51-52H,19-21,24-29H2,1-3H3,(H2,48,49,53). The number of amides is 2. The van der Waals surface area contributed by atoms with Gasteiger partial charge in [-0.25, -0.2) is 4.79 Å². The van der Waals surface area contributed by atoms with Crippen LogP contribution >= 0.6 is 0 Å². The molecule has 6 atom stereocenters. The van der Waals surface area contributed by atoms with Crippen LogP contribution in [0, 0.1) is 23.7 Å². The van der Waals surface area contributed by atoms with Gasteiger partial charge in [0.1, 0.15) is 0 Å². The highest BCUT2D eigenvalue weighted by Crippen LogP contribution is 2.55. The number of ether oxygens (including phenoxy) is 2. The molecule has 4 saturated carbocycles. The van der Waals surface area contributed by atoms with Crippen molar-refractivity contribution in [2.45, 2.75) is 102 Å². The minimum Gasteiger partial charge on any atom is -0.392 e. The molecule has 4 aliphatic carbocycles. The SMILES string of the molecule is CC1C(CN(C)C(C)C(O)c2ccccc2)OC(c2cccc(-c3cccc(CNC(=O)NC45CC6CC(CC(C6)C4)C5)c3)c2)OC1c1ccc(CO)cc1. The molecule has 4 N–H and O–H groups in total. The van der Waals surface area contributed by atoms with Crippen LogP contribution in [-0.4, -0.2) is 52.4 Å². The molecular formula is C47H57N3O5. The fourth-order valence-corrected chi connectivity index (χ4v) is 10.4. The highest BCUT2D eigenvalue weighted by molar-refractivity contribution is 5.75. The first-order valence-electron chi connectivity index (χ1n) is 20.3. The third kappa shape index (κ3) is 8.40. The third-order valence-electron chi connectivity index (χ3n) is 13.2. The number of carbonyl (C=O) groups is 1. The van der Waals surface area contributed by atoms with Crippen LogP contribution in [0.2, 0.25) is 0 Å². The minimum absolute atomic E-state index is 0.00672. The molecule has 4 aromatic carbocycles. The summed E-state index contributed by atoms with van der Waals surface area (Å²) in [5, 5.41) is 27.5. The summed E-state index contributed by atoms with van der Waals surface area (Å²) in [6, 6.07) is 34.3. The number of carbonyl (C=O) groups excluding carboxylic acids is 1. The lowest BCUT2D eigenvalue weighted by Crippen LogP contribution is -2.61. The molecule has 0 spiro atoms. The average Bonchev–Trinajstić information content (AvgIpc) is 3.20. The zero-order valence-corrected chi connectivity index (χ0v) is 32.4. The van der Waals surface area contributed by atoms with Gasteiger partial charge in [0.2, 0.25) is 0 Å². The van der Waals surface area contributed by atoms with Crippen LogP contribution in [0.25, 0.3) is 11.1 Å². The Morgan fingerprint density at radius 1 is 0.818 bits per heavy atom. The number of aliphatic hydroxyl groups is 2. The molecule has 5 fully saturated rings. The Morgan fingerprint density at radius 3 is 2.15 bits per heavy atom. The fraction of sp³-hybridized carbons (Fsp3) is 0.468. The summed E-state index contributed by atoms with van der Waals surface area (Å²) in [6.45, 7) is 5.26. The number of likely N-dealkylation sites (N-methyl/N-ethyl adjacent to an activating group) is 1. The van der Waals surface area contributed by atoms with Crippen LogP contribution in [0.1, 0.15) is 98.7 Å². The van der Waals surface area contributed by atoms with Crippen molar-refractivity contribution < 1.29 is 24.5 Å². The summed E-state index contributed by atoms with van der Waals surface area (Å²) in [5.41, 5.74) is 6.83. The minimum atomic E-state index is -0.641. The quantitative estimate of drug-likeness (QED) is 0.116. The molecule has 0 radical (unpaired) electrons. The first-order chi connectivity index (χ1) is 26.6. The number of nitrogens with one attached hydrogen (secondary N) is 2. The van der Waals surface area contributed by atoms with E-state index in [0.29, 0.717) is 13.1 Å². The van der Waals surface area contributed by atoms with Crippen LogP contribution in [0.5, 0.6) is 0 Å².